The molecule has 6 aromatic carbocycles. The molecule has 0 saturated carbocycles. The summed E-state index contributed by atoms with van der Waals surface area (Å²) in [5.41, 5.74) is 7.43. The lowest BCUT2D eigenvalue weighted by Crippen LogP contribution is -2.51. The van der Waals surface area contributed by atoms with Gasteiger partial charge in [-0.15, -0.1) is 0 Å². The van der Waals surface area contributed by atoms with Crippen LogP contribution in [0, 0.1) is 22.7 Å². The van der Waals surface area contributed by atoms with Crippen molar-refractivity contribution in [1.82, 2.24) is 39.7 Å². The van der Waals surface area contributed by atoms with Crippen molar-refractivity contribution in [2.75, 3.05) is 52.6 Å². The van der Waals surface area contributed by atoms with Gasteiger partial charge in [0.15, 0.2) is 29.5 Å². The van der Waals surface area contributed by atoms with Gasteiger partial charge >= 0.3 is 13.9 Å². The number of benzene rings is 6. The van der Waals surface area contributed by atoms with E-state index in [4.69, 9.17) is 56.0 Å². The van der Waals surface area contributed by atoms with E-state index >= 15 is 4.57 Å². The molecule has 2 aromatic heterocycles. The summed E-state index contributed by atoms with van der Waals surface area (Å²) in [4.78, 5) is 42.8. The van der Waals surface area contributed by atoms with Crippen molar-refractivity contribution in [3.63, 3.8) is 0 Å². The van der Waals surface area contributed by atoms with Gasteiger partial charge in [-0.25, -0.2) is 29.0 Å². The second-order valence-corrected chi connectivity index (χ2v) is 30.6. The second-order valence-electron chi connectivity index (χ2n) is 27.5. The topological polar surface area (TPSA) is 347 Å². The summed E-state index contributed by atoms with van der Waals surface area (Å²) >= 11 is 0. The molecule has 0 bridgehead atoms. The van der Waals surface area contributed by atoms with Crippen LogP contribution < -0.4 is 25.4 Å². The number of nitriles is 2. The van der Waals surface area contributed by atoms with E-state index in [-0.39, 0.29) is 73.9 Å². The van der Waals surface area contributed by atoms with E-state index in [1.54, 1.807) is 50.0 Å². The van der Waals surface area contributed by atoms with Gasteiger partial charge in [0.25, 0.3) is 14.4 Å². The molecule has 1 aliphatic carbocycles. The average Bonchev–Trinajstić information content (AvgIpc) is 1.44. The number of carbonyl (C=O) groups excluding carboxylic acids is 2. The van der Waals surface area contributed by atoms with Crippen LogP contribution in [-0.2, 0) is 58.3 Å². The molecule has 3 amide bonds. The van der Waals surface area contributed by atoms with Crippen LogP contribution in [0.1, 0.15) is 135 Å². The third-order valence-electron chi connectivity index (χ3n) is 19.6. The van der Waals surface area contributed by atoms with Gasteiger partial charge in [-0.05, 0) is 140 Å². The van der Waals surface area contributed by atoms with E-state index < -0.39 is 103 Å². The monoisotopic (exact) mass is 1540 g/mol. The summed E-state index contributed by atoms with van der Waals surface area (Å²) in [6.07, 6.45) is -4.21. The molecule has 6 N–H and O–H groups in total. The number of aromatic nitrogens is 4. The number of nitrogens with zero attached hydrogens (tertiary/aromatic N) is 8. The number of aliphatic hydroxyl groups is 3. The third-order valence-corrected chi connectivity index (χ3v) is 23.2. The molecule has 2 saturated heterocycles. The zero-order chi connectivity index (χ0) is 77.5. The first-order valence-corrected chi connectivity index (χ1v) is 39.3. The van der Waals surface area contributed by atoms with Gasteiger partial charge in [-0.1, -0.05) is 115 Å². The largest absolute Gasteiger partial charge is 0.497 e. The normalized spacial score (nSPS) is 20.5. The van der Waals surface area contributed by atoms with Crippen molar-refractivity contribution >= 4 is 45.3 Å². The van der Waals surface area contributed by atoms with Crippen molar-refractivity contribution < 1.29 is 80.5 Å². The zero-order valence-electron chi connectivity index (χ0n) is 62.3. The summed E-state index contributed by atoms with van der Waals surface area (Å²) in [6, 6.07) is 51.2. The fourth-order valence-electron chi connectivity index (χ4n) is 14.1. The summed E-state index contributed by atoms with van der Waals surface area (Å²) in [7, 11) is -3.64. The molecule has 11 atom stereocenters. The fourth-order valence-corrected chi connectivity index (χ4v) is 17.3. The predicted octanol–water partition coefficient (Wildman–Crippen LogP) is 12.6. The van der Waals surface area contributed by atoms with Gasteiger partial charge < -0.3 is 63.4 Å². The Labute approximate surface area is 640 Å². The number of phosphoric acid groups is 1. The van der Waals surface area contributed by atoms with E-state index in [2.05, 4.69) is 56.3 Å². The van der Waals surface area contributed by atoms with Crippen molar-refractivity contribution in [1.29, 1.82) is 10.5 Å². The molecule has 5 heterocycles. The maximum atomic E-state index is 15.9. The Morgan fingerprint density at radius 1 is 0.745 bits per heavy atom. The maximum absolute atomic E-state index is 15.9. The molecule has 4 aliphatic rings. The number of amides is 3. The Hall–Kier alpha value is -8.97. The quantitative estimate of drug-likeness (QED) is 0.00906. The predicted molar refractivity (Wildman–Crippen MR) is 407 cm³/mol. The smallest absolute Gasteiger partial charge is 0.475 e. The molecule has 0 radical (unpaired) electrons. The third kappa shape index (κ3) is 19.0. The van der Waals surface area contributed by atoms with Crippen molar-refractivity contribution in [3.8, 4) is 34.8 Å². The lowest BCUT2D eigenvalue weighted by atomic mass is 9.80. The number of urea groups is 1. The molecule has 8 aromatic rings. The van der Waals surface area contributed by atoms with Crippen molar-refractivity contribution in [2.45, 2.75) is 165 Å². The molecule has 2 fully saturated rings. The number of fused-ring (bicyclic) bond motifs is 4. The number of hydrogen-bond acceptors (Lipinski definition) is 24. The molecule has 12 rings (SSSR count). The van der Waals surface area contributed by atoms with E-state index in [0.717, 1.165) is 11.1 Å². The number of methoxy groups -OCH3 is 2. The van der Waals surface area contributed by atoms with E-state index in [1.807, 2.05) is 142 Å². The molecule has 110 heavy (non-hydrogen) atoms. The first kappa shape index (κ1) is 80.5. The Morgan fingerprint density at radius 2 is 1.35 bits per heavy atom. The number of carbonyl (C=O) groups is 2. The summed E-state index contributed by atoms with van der Waals surface area (Å²) in [5, 5.41) is 60.2. The number of rotatable bonds is 38. The maximum Gasteiger partial charge on any atom is 0.475 e. The van der Waals surface area contributed by atoms with E-state index in [0.29, 0.717) is 66.2 Å². The van der Waals surface area contributed by atoms with Gasteiger partial charge in [0.2, 0.25) is 0 Å². The Bertz CT molecular complexity index is 4470. The van der Waals surface area contributed by atoms with E-state index in [1.165, 1.54) is 46.0 Å². The zero-order valence-corrected chi connectivity index (χ0v) is 64.1. The minimum atomic E-state index is -4.89. The van der Waals surface area contributed by atoms with Crippen LogP contribution in [0.5, 0.6) is 11.5 Å². The summed E-state index contributed by atoms with van der Waals surface area (Å²) in [6.45, 7) is 9.09. The average molecular weight is 1540 g/mol. The van der Waals surface area contributed by atoms with Crippen LogP contribution in [0.3, 0.4) is 0 Å². The molecule has 0 spiro atoms. The van der Waals surface area contributed by atoms with Crippen LogP contribution in [0.15, 0.2) is 176 Å². The Balaban J connectivity index is 0.781. The number of ether oxygens (including phenoxy) is 6. The number of imidazole rings is 1. The van der Waals surface area contributed by atoms with Crippen LogP contribution >= 0.6 is 16.3 Å². The molecular formula is C80H93N11O17P2. The number of nitrogens with one attached hydrogen (secondary N) is 3. The van der Waals surface area contributed by atoms with Crippen molar-refractivity contribution in [2.24, 2.45) is 0 Å². The highest BCUT2D eigenvalue weighted by molar-refractivity contribution is 7.48. The molecule has 3 aliphatic heterocycles. The minimum Gasteiger partial charge on any atom is -0.497 e. The van der Waals surface area contributed by atoms with Gasteiger partial charge in [0.05, 0.1) is 84.7 Å². The van der Waals surface area contributed by atoms with Gasteiger partial charge in [0.1, 0.15) is 60.4 Å². The van der Waals surface area contributed by atoms with Gasteiger partial charge in [0, 0.05) is 49.2 Å². The van der Waals surface area contributed by atoms with Gasteiger partial charge in [-0.2, -0.15) is 10.5 Å². The molecule has 30 heteroatoms. The first-order chi connectivity index (χ1) is 53.3. The number of hydrogen-bond donors (Lipinski definition) is 6. The minimum absolute atomic E-state index is 0.0156. The molecule has 28 nitrogen and oxygen atoms in total. The van der Waals surface area contributed by atoms with Crippen molar-refractivity contribution in [3.05, 3.63) is 215 Å². The first-order valence-electron chi connectivity index (χ1n) is 36.7. The summed E-state index contributed by atoms with van der Waals surface area (Å²) < 4.78 is 90.3. The highest BCUT2D eigenvalue weighted by atomic mass is 31.2. The van der Waals surface area contributed by atoms with Crippen LogP contribution in [0.4, 0.5) is 10.6 Å². The van der Waals surface area contributed by atoms with Crippen LogP contribution in [-0.4, -0.2) is 165 Å². The lowest BCUT2D eigenvalue weighted by Gasteiger charge is -2.37. The van der Waals surface area contributed by atoms with E-state index in [9.17, 15) is 35.4 Å². The fraction of sp³-hybridized carbons (Fsp3) is 0.412. The lowest BCUT2D eigenvalue weighted by molar-refractivity contribution is -0.107. The number of anilines is 1. The molecule has 5 unspecified atom stereocenters. The van der Waals surface area contributed by atoms with Gasteiger partial charge in [-0.3, -0.25) is 33.1 Å². The Morgan fingerprint density at radius 3 is 2.00 bits per heavy atom. The highest BCUT2D eigenvalue weighted by Crippen LogP contribution is 2.56. The Kier molecular flexibility index (Phi) is 27.4. The van der Waals surface area contributed by atoms with Crippen LogP contribution in [0.2, 0.25) is 0 Å². The standard InChI is InChI=1S/C80H93N11O17P2/c1-51(2)91(52(3)4)109(102-40-16-38-81)107-66-42-71(89-45-53(5)77(94)88-79(89)96)106-69(66)48-104-110(97,103-41-17-39-82)108-67-43-72(105-68(67)47-101-80(56-18-9-8-10-19-56,57-30-34-59(98-6)35-31-57)58-32-36-60(99-7)37-33-58)90-50-86-74-75(84-49-85-76(74)90)87-78(95)55-28-26-54(27-29-55)44-83-70(92)24-15-25-73(93)100-46-65-63-22-13-11-20-61(63)62-21-12-14-23-64(62)65/h8-14,18-23,26-37,45,49-52,65-73,77,83,92-94H,15-17,24-25,40-44,46-48H2,1-7H3,(H,88,96)(H,84,85,87,95)/t66-,67-,68-,69-,70?,71-,72-,73?,77?,109?,110?/m1/s1. The number of aliphatic hydroxyl groups excluding tert-OH is 3. The number of phosphoric ester groups is 1. The molecular weight excluding hydrogens is 1450 g/mol. The molecule has 580 valence electrons. The SMILES string of the molecule is COc1ccc(C(OC[C@H]2O[C@@H](n3cnc4c(NC(=O)c5ccc(CNC(O)CCCC(O)OCC6c7ccccc7-c7ccccc76)cc5)ncnc43)C[C@H]2OP(=O)(OCCC#N)OC[C@H]2O[C@@H](N3C=C(C)C(O)NC3=O)C[C@H]2OP(OCCC#N)N(C(C)C)C(C)C)(c2ccccc2)c2ccc(OC)cc2)cc1. The second kappa shape index (κ2) is 37.4. The van der Waals surface area contributed by atoms with Crippen LogP contribution in [0.25, 0.3) is 22.3 Å². The summed E-state index contributed by atoms with van der Waals surface area (Å²) in [5.74, 6) is 0.807. The highest BCUT2D eigenvalue weighted by Gasteiger charge is 2.50.